The second-order valence-electron chi connectivity index (χ2n) is 8.76. The molecule has 1 saturated heterocycles. The SMILES string of the molecule is O=C1C[C@H](c2nc3ccccc3n2CCC2CCCCC2)CN1c1ccccc1Cl. The number of nitrogens with zero attached hydrogens (tertiary/aromatic N) is 3. The van der Waals surface area contributed by atoms with Gasteiger partial charge in [-0.2, -0.15) is 0 Å². The smallest absolute Gasteiger partial charge is 0.227 e. The molecule has 156 valence electrons. The Morgan fingerprint density at radius 1 is 1.00 bits per heavy atom. The van der Waals surface area contributed by atoms with Gasteiger partial charge >= 0.3 is 0 Å². The summed E-state index contributed by atoms with van der Waals surface area (Å²) < 4.78 is 2.39. The number of carbonyl (C=O) groups excluding carboxylic acids is 1. The summed E-state index contributed by atoms with van der Waals surface area (Å²) in [6.45, 7) is 1.62. The molecule has 2 heterocycles. The highest BCUT2D eigenvalue weighted by Crippen LogP contribution is 2.36. The number of hydrogen-bond donors (Lipinski definition) is 0. The standard InChI is InChI=1S/C25H28ClN3O/c26-20-10-4-6-12-22(20)29-17-19(16-24(29)30)25-27-21-11-5-7-13-23(21)28(25)15-14-18-8-2-1-3-9-18/h4-7,10-13,18-19H,1-3,8-9,14-17H2/t19-/m0/s1. The van der Waals surface area contributed by atoms with Gasteiger partial charge in [-0.1, -0.05) is 68.0 Å². The summed E-state index contributed by atoms with van der Waals surface area (Å²) in [6, 6.07) is 16.0. The molecule has 1 saturated carbocycles. The van der Waals surface area contributed by atoms with Gasteiger partial charge in [0.1, 0.15) is 5.82 Å². The summed E-state index contributed by atoms with van der Waals surface area (Å²) in [6.07, 6.45) is 8.50. The first kappa shape index (κ1) is 19.6. The van der Waals surface area contributed by atoms with Gasteiger partial charge in [-0.3, -0.25) is 4.79 Å². The van der Waals surface area contributed by atoms with Crippen LogP contribution in [0.4, 0.5) is 5.69 Å². The van der Waals surface area contributed by atoms with Crippen molar-refractivity contribution in [2.24, 2.45) is 5.92 Å². The van der Waals surface area contributed by atoms with Gasteiger partial charge in [-0.05, 0) is 36.6 Å². The van der Waals surface area contributed by atoms with Crippen LogP contribution in [-0.4, -0.2) is 22.0 Å². The molecule has 30 heavy (non-hydrogen) atoms. The van der Waals surface area contributed by atoms with E-state index in [9.17, 15) is 4.79 Å². The molecule has 3 aromatic rings. The van der Waals surface area contributed by atoms with Crippen molar-refractivity contribution < 1.29 is 4.79 Å². The summed E-state index contributed by atoms with van der Waals surface area (Å²) in [4.78, 5) is 19.7. The highest BCUT2D eigenvalue weighted by molar-refractivity contribution is 6.33. The molecule has 0 N–H and O–H groups in total. The van der Waals surface area contributed by atoms with Crippen LogP contribution in [0.15, 0.2) is 48.5 Å². The largest absolute Gasteiger partial charge is 0.328 e. The van der Waals surface area contributed by atoms with E-state index >= 15 is 0 Å². The summed E-state index contributed by atoms with van der Waals surface area (Å²) in [5.74, 6) is 2.08. The Morgan fingerprint density at radius 2 is 1.77 bits per heavy atom. The first-order valence-electron chi connectivity index (χ1n) is 11.2. The molecular weight excluding hydrogens is 394 g/mol. The van der Waals surface area contributed by atoms with Crippen LogP contribution in [0, 0.1) is 5.92 Å². The van der Waals surface area contributed by atoms with Crippen LogP contribution < -0.4 is 4.90 Å². The molecule has 0 spiro atoms. The van der Waals surface area contributed by atoms with E-state index in [-0.39, 0.29) is 11.8 Å². The van der Waals surface area contributed by atoms with Gasteiger partial charge in [-0.15, -0.1) is 0 Å². The third-order valence-corrected chi connectivity index (χ3v) is 7.12. The summed E-state index contributed by atoms with van der Waals surface area (Å²) in [7, 11) is 0. The number of hydrogen-bond acceptors (Lipinski definition) is 2. The molecule has 5 rings (SSSR count). The molecule has 0 unspecified atom stereocenters. The topological polar surface area (TPSA) is 38.1 Å². The van der Waals surface area contributed by atoms with Crippen molar-refractivity contribution in [3.05, 3.63) is 59.4 Å². The fourth-order valence-electron chi connectivity index (χ4n) is 5.21. The van der Waals surface area contributed by atoms with Crippen molar-refractivity contribution >= 4 is 34.2 Å². The zero-order valence-corrected chi connectivity index (χ0v) is 18.0. The molecule has 1 aliphatic heterocycles. The summed E-state index contributed by atoms with van der Waals surface area (Å²) in [5, 5.41) is 0.623. The molecule has 4 nitrogen and oxygen atoms in total. The van der Waals surface area contributed by atoms with Gasteiger partial charge < -0.3 is 9.47 Å². The summed E-state index contributed by atoms with van der Waals surface area (Å²) in [5.41, 5.74) is 3.02. The number of carbonyl (C=O) groups is 1. The zero-order valence-electron chi connectivity index (χ0n) is 17.3. The fourth-order valence-corrected chi connectivity index (χ4v) is 5.45. The lowest BCUT2D eigenvalue weighted by molar-refractivity contribution is -0.117. The third-order valence-electron chi connectivity index (χ3n) is 6.80. The molecule has 1 amide bonds. The van der Waals surface area contributed by atoms with E-state index in [0.29, 0.717) is 18.0 Å². The number of imidazole rings is 1. The fraction of sp³-hybridized carbons (Fsp3) is 0.440. The second kappa shape index (κ2) is 8.43. The minimum absolute atomic E-state index is 0.0903. The Morgan fingerprint density at radius 3 is 2.60 bits per heavy atom. The Balaban J connectivity index is 1.43. The van der Waals surface area contributed by atoms with Gasteiger partial charge in [0, 0.05) is 25.4 Å². The Kier molecular flexibility index (Phi) is 5.51. The molecule has 1 aliphatic carbocycles. The van der Waals surface area contributed by atoms with E-state index in [1.165, 1.54) is 44.0 Å². The molecule has 0 bridgehead atoms. The lowest BCUT2D eigenvalue weighted by Gasteiger charge is -2.23. The molecule has 1 atom stereocenters. The van der Waals surface area contributed by atoms with Crippen LogP contribution >= 0.6 is 11.6 Å². The monoisotopic (exact) mass is 421 g/mol. The molecule has 2 aliphatic rings. The zero-order chi connectivity index (χ0) is 20.5. The first-order chi connectivity index (χ1) is 14.7. The second-order valence-corrected chi connectivity index (χ2v) is 9.17. The van der Waals surface area contributed by atoms with Crippen LogP contribution in [0.25, 0.3) is 11.0 Å². The van der Waals surface area contributed by atoms with Crippen molar-refractivity contribution in [2.75, 3.05) is 11.4 Å². The van der Waals surface area contributed by atoms with Crippen LogP contribution in [0.5, 0.6) is 0 Å². The van der Waals surface area contributed by atoms with Gasteiger partial charge in [-0.25, -0.2) is 4.98 Å². The number of benzene rings is 2. The Bertz CT molecular complexity index is 1050. The maximum atomic E-state index is 12.9. The number of amides is 1. The first-order valence-corrected chi connectivity index (χ1v) is 11.6. The predicted octanol–water partition coefficient (Wildman–Crippen LogP) is 6.18. The minimum atomic E-state index is 0.0903. The number of anilines is 1. The van der Waals surface area contributed by atoms with Gasteiger partial charge in [0.05, 0.1) is 21.7 Å². The number of aryl methyl sites for hydroxylation is 1. The highest BCUT2D eigenvalue weighted by Gasteiger charge is 2.35. The lowest BCUT2D eigenvalue weighted by Crippen LogP contribution is -2.25. The van der Waals surface area contributed by atoms with Crippen LogP contribution in [0.1, 0.15) is 56.7 Å². The molecule has 1 aromatic heterocycles. The van der Waals surface area contributed by atoms with Gasteiger partial charge in [0.25, 0.3) is 0 Å². The van der Waals surface area contributed by atoms with Crippen molar-refractivity contribution in [1.29, 1.82) is 0 Å². The number of rotatable bonds is 5. The third kappa shape index (κ3) is 3.74. The molecule has 2 fully saturated rings. The maximum absolute atomic E-state index is 12.9. The summed E-state index contributed by atoms with van der Waals surface area (Å²) >= 11 is 6.38. The predicted molar refractivity (Wildman–Crippen MR) is 122 cm³/mol. The minimum Gasteiger partial charge on any atom is -0.328 e. The van der Waals surface area contributed by atoms with Crippen LogP contribution in [0.2, 0.25) is 5.02 Å². The van der Waals surface area contributed by atoms with E-state index in [1.54, 1.807) is 0 Å². The number of fused-ring (bicyclic) bond motifs is 1. The molecule has 0 radical (unpaired) electrons. The van der Waals surface area contributed by atoms with E-state index in [0.717, 1.165) is 29.5 Å². The highest BCUT2D eigenvalue weighted by atomic mass is 35.5. The van der Waals surface area contributed by atoms with E-state index in [1.807, 2.05) is 35.2 Å². The molecule has 5 heteroatoms. The van der Waals surface area contributed by atoms with Crippen molar-refractivity contribution in [3.8, 4) is 0 Å². The average molecular weight is 422 g/mol. The molecular formula is C25H28ClN3O. The van der Waals surface area contributed by atoms with Crippen molar-refractivity contribution in [1.82, 2.24) is 9.55 Å². The normalized spacial score (nSPS) is 20.4. The van der Waals surface area contributed by atoms with Gasteiger partial charge in [0.15, 0.2) is 0 Å². The van der Waals surface area contributed by atoms with Crippen molar-refractivity contribution in [2.45, 2.75) is 57.4 Å². The van der Waals surface area contributed by atoms with Crippen molar-refractivity contribution in [3.63, 3.8) is 0 Å². The number of para-hydroxylation sites is 3. The van der Waals surface area contributed by atoms with Crippen LogP contribution in [-0.2, 0) is 11.3 Å². The Labute approximate surface area is 182 Å². The van der Waals surface area contributed by atoms with E-state index in [2.05, 4.69) is 22.8 Å². The van der Waals surface area contributed by atoms with Crippen LogP contribution in [0.3, 0.4) is 0 Å². The average Bonchev–Trinajstić information content (AvgIpc) is 3.34. The Hall–Kier alpha value is -2.33. The van der Waals surface area contributed by atoms with E-state index < -0.39 is 0 Å². The molecule has 2 aromatic carbocycles. The van der Waals surface area contributed by atoms with Gasteiger partial charge in [0.2, 0.25) is 5.91 Å². The quantitative estimate of drug-likeness (QED) is 0.493. The number of halogens is 1. The maximum Gasteiger partial charge on any atom is 0.227 e. The van der Waals surface area contributed by atoms with E-state index in [4.69, 9.17) is 16.6 Å². The number of aromatic nitrogens is 2. The lowest BCUT2D eigenvalue weighted by atomic mass is 9.87.